The first kappa shape index (κ1) is 21.2. The molecule has 0 unspecified atom stereocenters. The molecule has 1 aliphatic heterocycles. The maximum Gasteiger partial charge on any atom is 0.405 e. The molecule has 0 radical (unpaired) electrons. The summed E-state index contributed by atoms with van der Waals surface area (Å²) in [7, 11) is 0. The number of anilines is 1. The summed E-state index contributed by atoms with van der Waals surface area (Å²) in [4.78, 5) is 26.2. The van der Waals surface area contributed by atoms with Crippen LogP contribution in [0, 0.1) is 11.8 Å². The van der Waals surface area contributed by atoms with E-state index in [0.29, 0.717) is 12.5 Å². The second-order valence-electron chi connectivity index (χ2n) is 9.19. The van der Waals surface area contributed by atoms with Crippen LogP contribution in [0.2, 0.25) is 0 Å². The van der Waals surface area contributed by atoms with Gasteiger partial charge in [-0.1, -0.05) is 43.3 Å². The van der Waals surface area contributed by atoms with Gasteiger partial charge in [-0.2, -0.15) is 5.10 Å². The van der Waals surface area contributed by atoms with Gasteiger partial charge in [0.15, 0.2) is 0 Å². The summed E-state index contributed by atoms with van der Waals surface area (Å²) in [6.07, 6.45) is 4.92. The van der Waals surface area contributed by atoms with Gasteiger partial charge in [-0.05, 0) is 47.6 Å². The smallest absolute Gasteiger partial charge is 0.405 e. The third-order valence-electron chi connectivity index (χ3n) is 6.86. The van der Waals surface area contributed by atoms with E-state index in [9.17, 15) is 14.7 Å². The van der Waals surface area contributed by atoms with E-state index in [-0.39, 0.29) is 23.9 Å². The van der Waals surface area contributed by atoms with Gasteiger partial charge >= 0.3 is 6.09 Å². The molecule has 2 amide bonds. The number of hydrogen-bond acceptors (Lipinski definition) is 3. The summed E-state index contributed by atoms with van der Waals surface area (Å²) in [5.74, 6) is 0.393. The molecule has 7 heteroatoms. The number of benzene rings is 2. The standard InChI is InChI=1S/C26H28N4O3/c1-16-24(28-26(32)33)22-12-20(10-11-23(22)30(17(2)31)25(16)19-8-9-19)21-13-27-29(15-21)14-18-6-4-3-5-7-18/h3-7,10-13,15-16,19,24-25,28H,8-9,14H2,1-2H3,(H,32,33)/t16-,24-,25-/m1/s1. The molecule has 33 heavy (non-hydrogen) atoms. The van der Waals surface area contributed by atoms with Crippen LogP contribution in [0.15, 0.2) is 60.9 Å². The van der Waals surface area contributed by atoms with Crippen LogP contribution in [0.1, 0.15) is 43.9 Å². The van der Waals surface area contributed by atoms with Crippen molar-refractivity contribution >= 4 is 17.7 Å². The molecule has 2 heterocycles. The monoisotopic (exact) mass is 444 g/mol. The second-order valence-corrected chi connectivity index (χ2v) is 9.19. The van der Waals surface area contributed by atoms with Crippen LogP contribution in [-0.2, 0) is 11.3 Å². The zero-order valence-electron chi connectivity index (χ0n) is 18.8. The van der Waals surface area contributed by atoms with Gasteiger partial charge in [0.1, 0.15) is 0 Å². The van der Waals surface area contributed by atoms with Gasteiger partial charge in [0.2, 0.25) is 5.91 Å². The fourth-order valence-electron chi connectivity index (χ4n) is 5.25. The molecule has 3 atom stereocenters. The first-order valence-electron chi connectivity index (χ1n) is 11.4. The summed E-state index contributed by atoms with van der Waals surface area (Å²) >= 11 is 0. The Hall–Kier alpha value is -3.61. The second kappa shape index (κ2) is 8.39. The highest BCUT2D eigenvalue weighted by Crippen LogP contribution is 2.49. The highest BCUT2D eigenvalue weighted by Gasteiger charge is 2.47. The van der Waals surface area contributed by atoms with Gasteiger partial charge < -0.3 is 15.3 Å². The Bertz CT molecular complexity index is 1190. The lowest BCUT2D eigenvalue weighted by molar-refractivity contribution is -0.117. The molecular weight excluding hydrogens is 416 g/mol. The number of aromatic nitrogens is 2. The number of nitrogens with zero attached hydrogens (tertiary/aromatic N) is 3. The largest absolute Gasteiger partial charge is 0.465 e. The predicted octanol–water partition coefficient (Wildman–Crippen LogP) is 4.69. The first-order chi connectivity index (χ1) is 15.9. The number of carbonyl (C=O) groups is 2. The van der Waals surface area contributed by atoms with Crippen molar-refractivity contribution in [2.45, 2.75) is 45.3 Å². The molecule has 2 N–H and O–H groups in total. The highest BCUT2D eigenvalue weighted by atomic mass is 16.4. The fourth-order valence-corrected chi connectivity index (χ4v) is 5.25. The molecule has 1 fully saturated rings. The zero-order chi connectivity index (χ0) is 23.1. The number of fused-ring (bicyclic) bond motifs is 1. The van der Waals surface area contributed by atoms with Crippen molar-refractivity contribution in [3.63, 3.8) is 0 Å². The molecule has 3 aromatic rings. The summed E-state index contributed by atoms with van der Waals surface area (Å²) in [5, 5.41) is 16.8. The zero-order valence-corrected chi connectivity index (χ0v) is 18.8. The molecule has 5 rings (SSSR count). The Balaban J connectivity index is 1.52. The number of rotatable bonds is 5. The van der Waals surface area contributed by atoms with Crippen LogP contribution in [0.5, 0.6) is 0 Å². The van der Waals surface area contributed by atoms with Crippen LogP contribution in [0.3, 0.4) is 0 Å². The summed E-state index contributed by atoms with van der Waals surface area (Å²) in [6.45, 7) is 4.32. The van der Waals surface area contributed by atoms with E-state index >= 15 is 0 Å². The van der Waals surface area contributed by atoms with Gasteiger partial charge in [-0.15, -0.1) is 0 Å². The van der Waals surface area contributed by atoms with Crippen molar-refractivity contribution < 1.29 is 14.7 Å². The Morgan fingerprint density at radius 3 is 2.55 bits per heavy atom. The fraction of sp³-hybridized carbons (Fsp3) is 0.346. The molecule has 1 aliphatic carbocycles. The molecule has 2 aromatic carbocycles. The van der Waals surface area contributed by atoms with Crippen molar-refractivity contribution in [2.75, 3.05) is 4.90 Å². The van der Waals surface area contributed by atoms with Crippen LogP contribution >= 0.6 is 0 Å². The van der Waals surface area contributed by atoms with Crippen molar-refractivity contribution in [1.29, 1.82) is 0 Å². The Morgan fingerprint density at radius 2 is 1.88 bits per heavy atom. The van der Waals surface area contributed by atoms with Crippen molar-refractivity contribution in [3.05, 3.63) is 72.1 Å². The van der Waals surface area contributed by atoms with Crippen LogP contribution in [-0.4, -0.2) is 32.9 Å². The van der Waals surface area contributed by atoms with E-state index < -0.39 is 6.09 Å². The number of amides is 2. The minimum Gasteiger partial charge on any atom is -0.465 e. The molecule has 7 nitrogen and oxygen atoms in total. The molecule has 0 bridgehead atoms. The third-order valence-corrected chi connectivity index (χ3v) is 6.86. The topological polar surface area (TPSA) is 87.5 Å². The van der Waals surface area contributed by atoms with Gasteiger partial charge in [0, 0.05) is 36.3 Å². The first-order valence-corrected chi connectivity index (χ1v) is 11.4. The lowest BCUT2D eigenvalue weighted by Crippen LogP contribution is -2.53. The van der Waals surface area contributed by atoms with Crippen molar-refractivity contribution in [1.82, 2.24) is 15.1 Å². The van der Waals surface area contributed by atoms with E-state index in [1.807, 2.05) is 65.3 Å². The summed E-state index contributed by atoms with van der Waals surface area (Å²) < 4.78 is 1.89. The minimum atomic E-state index is -1.05. The summed E-state index contributed by atoms with van der Waals surface area (Å²) in [6, 6.07) is 15.7. The molecule has 1 saturated carbocycles. The summed E-state index contributed by atoms with van der Waals surface area (Å²) in [5.41, 5.74) is 4.71. The van der Waals surface area contributed by atoms with Crippen LogP contribution in [0.25, 0.3) is 11.1 Å². The van der Waals surface area contributed by atoms with E-state index in [1.165, 1.54) is 5.56 Å². The number of carbonyl (C=O) groups excluding carboxylic acids is 1. The Morgan fingerprint density at radius 1 is 1.12 bits per heavy atom. The number of hydrogen-bond donors (Lipinski definition) is 2. The molecule has 2 aliphatic rings. The average molecular weight is 445 g/mol. The maximum atomic E-state index is 12.7. The van der Waals surface area contributed by atoms with Crippen molar-refractivity contribution in [3.8, 4) is 11.1 Å². The lowest BCUT2D eigenvalue weighted by Gasteiger charge is -2.45. The quantitative estimate of drug-likeness (QED) is 0.598. The normalized spacial score (nSPS) is 22.0. The van der Waals surface area contributed by atoms with Gasteiger partial charge in [0.25, 0.3) is 0 Å². The molecule has 0 spiro atoms. The van der Waals surface area contributed by atoms with Crippen LogP contribution < -0.4 is 10.2 Å². The maximum absolute atomic E-state index is 12.7. The number of nitrogens with one attached hydrogen (secondary N) is 1. The highest BCUT2D eigenvalue weighted by molar-refractivity contribution is 5.94. The van der Waals surface area contributed by atoms with Gasteiger partial charge in [-0.25, -0.2) is 4.79 Å². The third kappa shape index (κ3) is 4.11. The van der Waals surface area contributed by atoms with Crippen molar-refractivity contribution in [2.24, 2.45) is 11.8 Å². The van der Waals surface area contributed by atoms with Crippen LogP contribution in [0.4, 0.5) is 10.5 Å². The van der Waals surface area contributed by atoms with E-state index in [1.54, 1.807) is 6.92 Å². The average Bonchev–Trinajstić information content (AvgIpc) is 3.53. The SMILES string of the molecule is CC(=O)N1c2ccc(-c3cnn(Cc4ccccc4)c3)cc2[C@H](NC(=O)O)[C@@H](C)[C@@H]1C1CC1. The van der Waals surface area contributed by atoms with E-state index in [0.717, 1.165) is 35.2 Å². The van der Waals surface area contributed by atoms with E-state index in [4.69, 9.17) is 0 Å². The van der Waals surface area contributed by atoms with Gasteiger partial charge in [-0.3, -0.25) is 9.48 Å². The van der Waals surface area contributed by atoms with E-state index in [2.05, 4.69) is 22.5 Å². The minimum absolute atomic E-state index is 0.00259. The Labute approximate surface area is 193 Å². The van der Waals surface area contributed by atoms with Gasteiger partial charge in [0.05, 0.1) is 18.8 Å². The molecule has 170 valence electrons. The molecule has 1 aromatic heterocycles. The lowest BCUT2D eigenvalue weighted by atomic mass is 9.79. The number of carboxylic acid groups (broad SMARTS) is 1. The molecule has 0 saturated heterocycles. The Kier molecular flexibility index (Phi) is 5.40. The molecular formula is C26H28N4O3. The predicted molar refractivity (Wildman–Crippen MR) is 126 cm³/mol.